The van der Waals surface area contributed by atoms with Crippen molar-refractivity contribution in [1.82, 2.24) is 25.7 Å². The van der Waals surface area contributed by atoms with Crippen LogP contribution < -0.4 is 15.8 Å². The van der Waals surface area contributed by atoms with Crippen LogP contribution in [0.25, 0.3) is 0 Å². The van der Waals surface area contributed by atoms with Crippen LogP contribution in [0, 0.1) is 0 Å². The maximum atomic E-state index is 12.4. The zero-order chi connectivity index (χ0) is 18.7. The summed E-state index contributed by atoms with van der Waals surface area (Å²) in [6.07, 6.45) is 8.77. The van der Waals surface area contributed by atoms with Gasteiger partial charge in [0.15, 0.2) is 0 Å². The summed E-state index contributed by atoms with van der Waals surface area (Å²) in [5, 5.41) is 0. The number of hydrogen-bond acceptors (Lipinski definition) is 6. The van der Waals surface area contributed by atoms with Crippen molar-refractivity contribution in [3.05, 3.63) is 42.1 Å². The van der Waals surface area contributed by atoms with Crippen molar-refractivity contribution in [1.29, 1.82) is 0 Å². The summed E-state index contributed by atoms with van der Waals surface area (Å²) in [5.41, 5.74) is 7.39. The van der Waals surface area contributed by atoms with E-state index in [0.29, 0.717) is 18.8 Å². The molecule has 138 valence electrons. The first kappa shape index (κ1) is 20.5. The van der Waals surface area contributed by atoms with E-state index in [0.717, 1.165) is 24.5 Å². The lowest BCUT2D eigenvalue weighted by Crippen LogP contribution is -2.51. The highest BCUT2D eigenvalue weighted by Crippen LogP contribution is 2.13. The smallest absolute Gasteiger partial charge is 0.271 e. The number of anilines is 1. The number of amides is 1. The number of carbonyl (C=O) groups is 1. The monoisotopic (exact) mass is 346 g/mol. The van der Waals surface area contributed by atoms with Crippen molar-refractivity contribution in [2.24, 2.45) is 0 Å². The number of rotatable bonds is 2. The van der Waals surface area contributed by atoms with Crippen molar-refractivity contribution in [2.75, 3.05) is 31.1 Å². The van der Waals surface area contributed by atoms with Crippen molar-refractivity contribution in [3.8, 4) is 0 Å². The molecule has 1 aromatic rings. The number of aromatic nitrogens is 2. The van der Waals surface area contributed by atoms with Gasteiger partial charge in [-0.2, -0.15) is 0 Å². The van der Waals surface area contributed by atoms with Crippen molar-refractivity contribution < 1.29 is 4.79 Å². The number of nitrogens with one attached hydrogen (secondary N) is 2. The molecule has 3 heterocycles. The number of piperazine rings is 1. The molecule has 0 atom stereocenters. The van der Waals surface area contributed by atoms with Crippen molar-refractivity contribution in [3.63, 3.8) is 0 Å². The summed E-state index contributed by atoms with van der Waals surface area (Å²) in [7, 11) is 0. The molecule has 0 unspecified atom stereocenters. The minimum Gasteiger partial charge on any atom is -0.352 e. The van der Waals surface area contributed by atoms with E-state index in [1.54, 1.807) is 18.6 Å². The number of carbonyl (C=O) groups excluding carboxylic acids is 1. The highest BCUT2D eigenvalue weighted by atomic mass is 16.2. The highest BCUT2D eigenvalue weighted by Gasteiger charge is 2.24. The summed E-state index contributed by atoms with van der Waals surface area (Å²) < 4.78 is 0. The third-order valence-corrected chi connectivity index (χ3v) is 3.55. The van der Waals surface area contributed by atoms with E-state index >= 15 is 0 Å². The molecule has 1 aromatic heterocycles. The van der Waals surface area contributed by atoms with Crippen LogP contribution in [0.3, 0.4) is 0 Å². The van der Waals surface area contributed by atoms with E-state index in [9.17, 15) is 4.79 Å². The van der Waals surface area contributed by atoms with Crippen LogP contribution in [-0.2, 0) is 4.79 Å². The highest BCUT2D eigenvalue weighted by molar-refractivity contribution is 5.93. The Morgan fingerprint density at radius 2 is 1.76 bits per heavy atom. The van der Waals surface area contributed by atoms with Crippen LogP contribution in [0.2, 0.25) is 0 Å². The van der Waals surface area contributed by atoms with E-state index in [-0.39, 0.29) is 5.91 Å². The molecule has 0 bridgehead atoms. The van der Waals surface area contributed by atoms with Gasteiger partial charge in [0.25, 0.3) is 5.91 Å². The molecule has 3 rings (SSSR count). The van der Waals surface area contributed by atoms with Gasteiger partial charge in [-0.3, -0.25) is 15.2 Å². The van der Waals surface area contributed by atoms with Gasteiger partial charge in [-0.1, -0.05) is 27.7 Å². The number of nitrogens with zero attached hydrogens (tertiary/aromatic N) is 4. The standard InChI is InChI=1S/C14H18N6O.2C2H6/c1-11-8-12(18-17-9-11)14(21)20-6-4-19(5-7-20)13-10-15-2-3-16-13;2*1-2/h2-3,8-10,17-18H,4-7H2,1H3;2*1-2H3. The fraction of sp³-hybridized carbons (Fsp3) is 0.500. The lowest BCUT2D eigenvalue weighted by atomic mass is 10.2. The molecule has 7 heteroatoms. The second kappa shape index (κ2) is 11.1. The number of hydrazine groups is 1. The minimum absolute atomic E-state index is 0.0220. The maximum Gasteiger partial charge on any atom is 0.271 e. The molecule has 25 heavy (non-hydrogen) atoms. The van der Waals surface area contributed by atoms with Crippen molar-refractivity contribution in [2.45, 2.75) is 34.6 Å². The zero-order valence-electron chi connectivity index (χ0n) is 15.9. The Balaban J connectivity index is 0.000000730. The first-order valence-electron chi connectivity index (χ1n) is 8.94. The third-order valence-electron chi connectivity index (χ3n) is 3.55. The van der Waals surface area contributed by atoms with Gasteiger partial charge in [-0.05, 0) is 18.6 Å². The van der Waals surface area contributed by atoms with Crippen LogP contribution in [0.5, 0.6) is 0 Å². The van der Waals surface area contributed by atoms with Crippen LogP contribution in [0.15, 0.2) is 42.1 Å². The quantitative estimate of drug-likeness (QED) is 0.854. The molecule has 0 radical (unpaired) electrons. The maximum absolute atomic E-state index is 12.4. The molecule has 2 aliphatic rings. The average Bonchev–Trinajstić information content (AvgIpc) is 2.71. The lowest BCUT2D eigenvalue weighted by Gasteiger charge is -2.35. The Hall–Kier alpha value is -2.57. The predicted octanol–water partition coefficient (Wildman–Crippen LogP) is 2.07. The lowest BCUT2D eigenvalue weighted by molar-refractivity contribution is -0.127. The predicted molar refractivity (Wildman–Crippen MR) is 102 cm³/mol. The molecule has 2 N–H and O–H groups in total. The number of hydrogen-bond donors (Lipinski definition) is 2. The Bertz CT molecular complexity index is 576. The fourth-order valence-corrected chi connectivity index (χ4v) is 2.41. The second-order valence-electron chi connectivity index (χ2n) is 5.06. The second-order valence-corrected chi connectivity index (χ2v) is 5.06. The molecule has 0 saturated carbocycles. The van der Waals surface area contributed by atoms with Gasteiger partial charge >= 0.3 is 0 Å². The molecule has 1 amide bonds. The Labute approximate surface area is 150 Å². The van der Waals surface area contributed by atoms with E-state index in [1.165, 1.54) is 0 Å². The molecule has 7 nitrogen and oxygen atoms in total. The van der Waals surface area contributed by atoms with E-state index in [4.69, 9.17) is 0 Å². The number of allylic oxidation sites excluding steroid dienone is 2. The molecule has 0 spiro atoms. The molecular formula is C18H30N6O. The summed E-state index contributed by atoms with van der Waals surface area (Å²) in [4.78, 5) is 24.8. The molecular weight excluding hydrogens is 316 g/mol. The zero-order valence-corrected chi connectivity index (χ0v) is 15.9. The van der Waals surface area contributed by atoms with Gasteiger partial charge in [0.1, 0.15) is 11.5 Å². The van der Waals surface area contributed by atoms with E-state index in [2.05, 4.69) is 25.7 Å². The molecule has 0 aromatic carbocycles. The SMILES string of the molecule is CC.CC.CC1=CNNC(C(=O)N2CCN(c3cnccn3)CC2)=C1. The Morgan fingerprint density at radius 1 is 1.08 bits per heavy atom. The van der Waals surface area contributed by atoms with Gasteiger partial charge in [-0.25, -0.2) is 4.98 Å². The molecule has 1 fully saturated rings. The third kappa shape index (κ3) is 5.77. The Kier molecular flexibility index (Phi) is 9.06. The summed E-state index contributed by atoms with van der Waals surface area (Å²) in [6, 6.07) is 0. The Morgan fingerprint density at radius 3 is 2.32 bits per heavy atom. The first-order valence-corrected chi connectivity index (χ1v) is 8.94. The van der Waals surface area contributed by atoms with Crippen LogP contribution in [0.4, 0.5) is 5.82 Å². The largest absolute Gasteiger partial charge is 0.352 e. The summed E-state index contributed by atoms with van der Waals surface area (Å²) >= 11 is 0. The van der Waals surface area contributed by atoms with Gasteiger partial charge in [0.05, 0.1) is 6.20 Å². The van der Waals surface area contributed by atoms with E-state index < -0.39 is 0 Å². The van der Waals surface area contributed by atoms with Crippen LogP contribution >= 0.6 is 0 Å². The van der Waals surface area contributed by atoms with Gasteiger partial charge in [0.2, 0.25) is 0 Å². The minimum atomic E-state index is 0.0220. The van der Waals surface area contributed by atoms with Gasteiger partial charge < -0.3 is 15.2 Å². The molecule has 0 aliphatic carbocycles. The average molecular weight is 346 g/mol. The normalized spacial score (nSPS) is 15.9. The summed E-state index contributed by atoms with van der Waals surface area (Å²) in [5.74, 6) is 0.883. The van der Waals surface area contributed by atoms with Crippen LogP contribution in [-0.4, -0.2) is 47.0 Å². The van der Waals surface area contributed by atoms with Gasteiger partial charge in [-0.15, -0.1) is 0 Å². The first-order chi connectivity index (χ1) is 12.2. The van der Waals surface area contributed by atoms with Gasteiger partial charge in [0, 0.05) is 44.8 Å². The van der Waals surface area contributed by atoms with E-state index in [1.807, 2.05) is 51.8 Å². The molecule has 2 aliphatic heterocycles. The fourth-order valence-electron chi connectivity index (χ4n) is 2.41. The topological polar surface area (TPSA) is 73.4 Å². The van der Waals surface area contributed by atoms with Crippen LogP contribution in [0.1, 0.15) is 34.6 Å². The summed E-state index contributed by atoms with van der Waals surface area (Å²) in [6.45, 7) is 12.8. The van der Waals surface area contributed by atoms with Crippen molar-refractivity contribution >= 4 is 11.7 Å². The molecule has 1 saturated heterocycles.